The van der Waals surface area contributed by atoms with Crippen LogP contribution < -0.4 is 5.32 Å². The van der Waals surface area contributed by atoms with Gasteiger partial charge >= 0.3 is 5.97 Å². The smallest absolute Gasteiger partial charge is 0.306 e. The molecule has 1 saturated heterocycles. The molecule has 314 valence electrons. The number of allylic oxidation sites excluding steroid dienone is 16. The summed E-state index contributed by atoms with van der Waals surface area (Å²) in [5, 5.41) is 26.6. The number of rotatable bonds is 15. The van der Waals surface area contributed by atoms with E-state index in [0.29, 0.717) is 25.0 Å². The predicted molar refractivity (Wildman–Crippen MR) is 243 cm³/mol. The van der Waals surface area contributed by atoms with E-state index in [9.17, 15) is 15.0 Å². The van der Waals surface area contributed by atoms with Gasteiger partial charge in [0.25, 0.3) is 0 Å². The van der Waals surface area contributed by atoms with E-state index in [2.05, 4.69) is 85.9 Å². The number of ether oxygens (including phenoxy) is 1. The molecule has 0 aromatic rings. The summed E-state index contributed by atoms with van der Waals surface area (Å²) in [5.74, 6) is 0.0717. The Morgan fingerprint density at radius 3 is 2.27 bits per heavy atom. The highest BCUT2D eigenvalue weighted by atomic mass is 16.5. The second-order valence-electron chi connectivity index (χ2n) is 17.4. The Labute approximate surface area is 352 Å². The molecule has 8 nitrogen and oxygen atoms in total. The summed E-state index contributed by atoms with van der Waals surface area (Å²) in [6.45, 7) is 23.4. The van der Waals surface area contributed by atoms with E-state index < -0.39 is 6.10 Å². The van der Waals surface area contributed by atoms with Crippen molar-refractivity contribution in [3.05, 3.63) is 126 Å². The Bertz CT molecular complexity index is 2240. The Morgan fingerprint density at radius 2 is 1.59 bits per heavy atom. The highest BCUT2D eigenvalue weighted by Gasteiger charge is 2.42. The molecule has 0 saturated carbocycles. The maximum Gasteiger partial charge on any atom is 0.306 e. The van der Waals surface area contributed by atoms with Crippen molar-refractivity contribution in [2.24, 2.45) is 26.8 Å². The van der Waals surface area contributed by atoms with Gasteiger partial charge in [-0.1, -0.05) is 56.1 Å². The van der Waals surface area contributed by atoms with Gasteiger partial charge in [0.2, 0.25) is 0 Å². The van der Waals surface area contributed by atoms with Crippen LogP contribution in [0, 0.1) is 11.8 Å². The van der Waals surface area contributed by atoms with Crippen LogP contribution in [0.1, 0.15) is 140 Å². The molecule has 0 aromatic heterocycles. The summed E-state index contributed by atoms with van der Waals surface area (Å²) in [5.41, 5.74) is 18.8. The minimum Gasteiger partial charge on any atom is -0.511 e. The Balaban J connectivity index is 1.31. The maximum atomic E-state index is 13.3. The number of aliphatic imine (C=N–C) groups is 3. The molecule has 0 unspecified atom stereocenters. The SMILES string of the molecule is CCCC1=C(C)C2=NC1=CC1=C(CC)C3=C(O)CC(=C4NC(=C(C)C5=NC(=C2)C([C@H](C)O)=C5C)[C@@H](C)[C@@H]4CCC(=O)OCC=C(C)CCC=C(C)CCC=C(C)C)C3=N1. The van der Waals surface area contributed by atoms with Gasteiger partial charge in [0.05, 0.1) is 40.3 Å². The number of nitrogens with one attached hydrogen (secondary N) is 1. The van der Waals surface area contributed by atoms with E-state index >= 15 is 0 Å². The number of hydrogen-bond donors (Lipinski definition) is 3. The first-order valence-electron chi connectivity index (χ1n) is 21.9. The Kier molecular flexibility index (Phi) is 13.8. The monoisotopic (exact) mass is 799 g/mol. The van der Waals surface area contributed by atoms with Gasteiger partial charge in [-0.25, -0.2) is 15.0 Å². The minimum absolute atomic E-state index is 0.00994. The summed E-state index contributed by atoms with van der Waals surface area (Å²) < 4.78 is 5.78. The van der Waals surface area contributed by atoms with Crippen LogP contribution in [0.15, 0.2) is 141 Å². The van der Waals surface area contributed by atoms with Crippen molar-refractivity contribution in [2.45, 2.75) is 146 Å². The average Bonchev–Trinajstić information content (AvgIpc) is 3.95. The standard InChI is InChI=1S/C51H66N4O4/c1-12-16-37-31(7)40-26-43-46(35(11)56)33(9)49(54-43)34(10)48-32(8)38(21-22-45(58)59-24-23-30(6)20-15-19-29(5)18-14-17-28(3)4)50(55-48)39-25-44(57)47-36(13-2)41(53-51(39)47)27-42(37)52-40/h17,19,23,26-27,32,35,38,55-57H,12-16,18,20-22,24-25H2,1-11H3/t32-,35-,38-/m0/s1. The zero-order valence-corrected chi connectivity index (χ0v) is 37.4. The van der Waals surface area contributed by atoms with E-state index in [1.165, 1.54) is 22.3 Å². The van der Waals surface area contributed by atoms with E-state index in [1.54, 1.807) is 6.92 Å². The molecule has 1 fully saturated rings. The fraction of sp³-hybridized carbons (Fsp3) is 0.490. The molecular weight excluding hydrogens is 733 g/mol. The summed E-state index contributed by atoms with van der Waals surface area (Å²) in [6, 6.07) is 0. The number of aliphatic hydroxyl groups is 2. The molecule has 0 amide bonds. The summed E-state index contributed by atoms with van der Waals surface area (Å²) >= 11 is 0. The van der Waals surface area contributed by atoms with Crippen molar-refractivity contribution in [1.82, 2.24) is 5.32 Å². The van der Waals surface area contributed by atoms with Crippen LogP contribution in [0.4, 0.5) is 0 Å². The van der Waals surface area contributed by atoms with Gasteiger partial charge in [-0.15, -0.1) is 0 Å². The molecule has 0 spiro atoms. The van der Waals surface area contributed by atoms with Crippen LogP contribution in [0.3, 0.4) is 0 Å². The molecule has 0 aromatic carbocycles. The van der Waals surface area contributed by atoms with Crippen molar-refractivity contribution >= 4 is 23.1 Å². The molecule has 3 atom stereocenters. The number of nitrogens with zero attached hydrogens (tertiary/aromatic N) is 3. The molecule has 59 heavy (non-hydrogen) atoms. The van der Waals surface area contributed by atoms with E-state index in [-0.39, 0.29) is 30.8 Å². The van der Waals surface area contributed by atoms with Gasteiger partial charge < -0.3 is 20.3 Å². The van der Waals surface area contributed by atoms with Gasteiger partial charge in [-0.2, -0.15) is 0 Å². The first-order valence-corrected chi connectivity index (χ1v) is 21.9. The van der Waals surface area contributed by atoms with Crippen LogP contribution in [-0.2, 0) is 9.53 Å². The third kappa shape index (κ3) is 9.18. The van der Waals surface area contributed by atoms with Crippen LogP contribution in [0.25, 0.3) is 0 Å². The number of fused-ring (bicyclic) bond motifs is 5. The molecule has 6 rings (SSSR count). The maximum absolute atomic E-state index is 13.3. The highest BCUT2D eigenvalue weighted by Crippen LogP contribution is 2.48. The highest BCUT2D eigenvalue weighted by molar-refractivity contribution is 6.21. The topological polar surface area (TPSA) is 116 Å². The van der Waals surface area contributed by atoms with Gasteiger partial charge in [0.1, 0.15) is 12.4 Å². The van der Waals surface area contributed by atoms with Crippen LogP contribution in [0.5, 0.6) is 0 Å². The van der Waals surface area contributed by atoms with Crippen molar-refractivity contribution in [3.63, 3.8) is 0 Å². The van der Waals surface area contributed by atoms with Crippen molar-refractivity contribution in [3.8, 4) is 0 Å². The molecule has 1 aliphatic carbocycles. The van der Waals surface area contributed by atoms with Crippen molar-refractivity contribution in [1.29, 1.82) is 0 Å². The number of hydrogen-bond acceptors (Lipinski definition) is 8. The summed E-state index contributed by atoms with van der Waals surface area (Å²) in [7, 11) is 0. The summed E-state index contributed by atoms with van der Waals surface area (Å²) in [4.78, 5) is 29.0. The molecule has 6 aliphatic rings. The summed E-state index contributed by atoms with van der Waals surface area (Å²) in [6.07, 6.45) is 17.9. The van der Waals surface area contributed by atoms with Crippen LogP contribution >= 0.6 is 0 Å². The number of aliphatic hydroxyl groups excluding tert-OH is 2. The zero-order valence-electron chi connectivity index (χ0n) is 37.4. The molecule has 5 aliphatic heterocycles. The van der Waals surface area contributed by atoms with Gasteiger partial charge in [-0.05, 0) is 146 Å². The van der Waals surface area contributed by atoms with Gasteiger partial charge in [-0.3, -0.25) is 4.79 Å². The van der Waals surface area contributed by atoms with E-state index in [4.69, 9.17) is 19.7 Å². The molecule has 0 radical (unpaired) electrons. The first kappa shape index (κ1) is 43.8. The zero-order chi connectivity index (χ0) is 42.7. The first-order chi connectivity index (χ1) is 28.1. The van der Waals surface area contributed by atoms with E-state index in [0.717, 1.165) is 123 Å². The van der Waals surface area contributed by atoms with Crippen molar-refractivity contribution in [2.75, 3.05) is 6.61 Å². The second kappa shape index (κ2) is 18.6. The van der Waals surface area contributed by atoms with Crippen LogP contribution in [-0.4, -0.2) is 46.0 Å². The van der Waals surface area contributed by atoms with Gasteiger partial charge in [0.15, 0.2) is 0 Å². The average molecular weight is 799 g/mol. The lowest BCUT2D eigenvalue weighted by Crippen LogP contribution is -2.16. The Hall–Kier alpha value is -4.82. The third-order valence-corrected chi connectivity index (χ3v) is 12.7. The second-order valence-corrected chi connectivity index (χ2v) is 17.4. The lowest BCUT2D eigenvalue weighted by atomic mass is 9.85. The largest absolute Gasteiger partial charge is 0.511 e. The minimum atomic E-state index is -0.722. The molecule has 8 bridgehead atoms. The fourth-order valence-corrected chi connectivity index (χ4v) is 9.40. The quantitative estimate of drug-likeness (QED) is 0.113. The number of carbonyl (C=O) groups excluding carboxylic acids is 1. The molecule has 3 N–H and O–H groups in total. The Morgan fingerprint density at radius 1 is 0.881 bits per heavy atom. The molecule has 5 heterocycles. The molecule has 8 heteroatoms. The lowest BCUT2D eigenvalue weighted by molar-refractivity contribution is -0.142. The van der Waals surface area contributed by atoms with E-state index in [1.807, 2.05) is 19.1 Å². The lowest BCUT2D eigenvalue weighted by Gasteiger charge is -2.18. The number of carbonyl (C=O) groups is 1. The predicted octanol–water partition coefficient (Wildman–Crippen LogP) is 12.0. The third-order valence-electron chi connectivity index (χ3n) is 12.7. The number of esters is 1. The normalized spacial score (nSPS) is 22.3. The van der Waals surface area contributed by atoms with Crippen molar-refractivity contribution < 1.29 is 19.7 Å². The molecular formula is C51H66N4O4. The fourth-order valence-electron chi connectivity index (χ4n) is 9.40. The van der Waals surface area contributed by atoms with Crippen LogP contribution in [0.2, 0.25) is 0 Å². The van der Waals surface area contributed by atoms with Gasteiger partial charge in [0, 0.05) is 52.8 Å².